The predicted octanol–water partition coefficient (Wildman–Crippen LogP) is 2.12. The van der Waals surface area contributed by atoms with E-state index in [4.69, 9.17) is 4.74 Å². The normalized spacial score (nSPS) is 14.2. The van der Waals surface area contributed by atoms with Crippen molar-refractivity contribution in [3.63, 3.8) is 0 Å². The molecule has 1 saturated heterocycles. The lowest BCUT2D eigenvalue weighted by molar-refractivity contribution is -0.129. The van der Waals surface area contributed by atoms with Crippen molar-refractivity contribution in [1.82, 2.24) is 15.8 Å². The van der Waals surface area contributed by atoms with E-state index in [2.05, 4.69) is 44.9 Å². The molecule has 1 aliphatic heterocycles. The number of ether oxygens (including phenoxy) is 1. The molecular weight excluding hydrogens is 380 g/mol. The van der Waals surface area contributed by atoms with E-state index in [-0.39, 0.29) is 24.8 Å². The highest BCUT2D eigenvalue weighted by atomic mass is 16.5. The SMILES string of the molecule is Cc1ccc(OCCC(=O)NNC(=O)CCN2CCN(c3ccccc3)CC2)cc1. The maximum atomic E-state index is 12.0. The minimum Gasteiger partial charge on any atom is -0.493 e. The Balaban J connectivity index is 1.25. The molecule has 1 heterocycles. The van der Waals surface area contributed by atoms with Crippen LogP contribution in [0.3, 0.4) is 0 Å². The number of amides is 2. The molecule has 7 nitrogen and oxygen atoms in total. The lowest BCUT2D eigenvalue weighted by Gasteiger charge is -2.36. The van der Waals surface area contributed by atoms with Crippen molar-refractivity contribution in [1.29, 1.82) is 0 Å². The average Bonchev–Trinajstić information content (AvgIpc) is 2.78. The van der Waals surface area contributed by atoms with Gasteiger partial charge >= 0.3 is 0 Å². The molecule has 1 aliphatic rings. The van der Waals surface area contributed by atoms with Crippen LogP contribution in [0.15, 0.2) is 54.6 Å². The number of benzene rings is 2. The number of carbonyl (C=O) groups is 2. The van der Waals surface area contributed by atoms with Crippen molar-refractivity contribution in [2.45, 2.75) is 19.8 Å². The summed E-state index contributed by atoms with van der Waals surface area (Å²) in [4.78, 5) is 28.5. The van der Waals surface area contributed by atoms with Crippen molar-refractivity contribution < 1.29 is 14.3 Å². The molecule has 0 bridgehead atoms. The molecule has 2 aromatic rings. The molecule has 0 aliphatic carbocycles. The van der Waals surface area contributed by atoms with Gasteiger partial charge < -0.3 is 9.64 Å². The molecule has 0 atom stereocenters. The third-order valence-electron chi connectivity index (χ3n) is 5.11. The monoisotopic (exact) mass is 410 g/mol. The predicted molar refractivity (Wildman–Crippen MR) is 117 cm³/mol. The fourth-order valence-electron chi connectivity index (χ4n) is 3.29. The minimum absolute atomic E-state index is 0.176. The van der Waals surface area contributed by atoms with E-state index in [1.54, 1.807) is 0 Å². The molecule has 0 radical (unpaired) electrons. The zero-order valence-electron chi connectivity index (χ0n) is 17.5. The molecular formula is C23H30N4O3. The molecule has 2 N–H and O–H groups in total. The molecule has 3 rings (SSSR count). The number of nitrogens with zero attached hydrogens (tertiary/aromatic N) is 2. The number of carbonyl (C=O) groups excluding carboxylic acids is 2. The highest BCUT2D eigenvalue weighted by molar-refractivity contribution is 5.82. The molecule has 1 fully saturated rings. The van der Waals surface area contributed by atoms with Crippen molar-refractivity contribution >= 4 is 17.5 Å². The zero-order valence-corrected chi connectivity index (χ0v) is 17.5. The maximum Gasteiger partial charge on any atom is 0.241 e. The van der Waals surface area contributed by atoms with Gasteiger partial charge in [-0.15, -0.1) is 0 Å². The summed E-state index contributed by atoms with van der Waals surface area (Å²) in [7, 11) is 0. The number of hydrogen-bond donors (Lipinski definition) is 2. The molecule has 2 amide bonds. The second-order valence-corrected chi connectivity index (χ2v) is 7.42. The molecule has 160 valence electrons. The van der Waals surface area contributed by atoms with Crippen LogP contribution in [0.25, 0.3) is 0 Å². The van der Waals surface area contributed by atoms with Crippen LogP contribution in [0.4, 0.5) is 5.69 Å². The largest absolute Gasteiger partial charge is 0.493 e. The highest BCUT2D eigenvalue weighted by Gasteiger charge is 2.17. The first-order valence-corrected chi connectivity index (χ1v) is 10.4. The Morgan fingerprint density at radius 1 is 0.867 bits per heavy atom. The van der Waals surface area contributed by atoms with Crippen molar-refractivity contribution in [2.75, 3.05) is 44.2 Å². The van der Waals surface area contributed by atoms with Gasteiger partial charge in [0.15, 0.2) is 0 Å². The zero-order chi connectivity index (χ0) is 21.2. The third-order valence-corrected chi connectivity index (χ3v) is 5.11. The molecule has 7 heteroatoms. The first kappa shape index (κ1) is 21.6. The summed E-state index contributed by atoms with van der Waals surface area (Å²) in [5.41, 5.74) is 7.32. The Bertz CT molecular complexity index is 803. The van der Waals surface area contributed by atoms with Gasteiger partial charge in [0.05, 0.1) is 13.0 Å². The van der Waals surface area contributed by atoms with Gasteiger partial charge in [-0.1, -0.05) is 35.9 Å². The number of nitrogens with one attached hydrogen (secondary N) is 2. The highest BCUT2D eigenvalue weighted by Crippen LogP contribution is 2.15. The van der Waals surface area contributed by atoms with Gasteiger partial charge in [-0.2, -0.15) is 0 Å². The van der Waals surface area contributed by atoms with Crippen LogP contribution in [-0.4, -0.2) is 56.0 Å². The van der Waals surface area contributed by atoms with Crippen molar-refractivity contribution in [3.8, 4) is 5.75 Å². The Morgan fingerprint density at radius 2 is 1.50 bits per heavy atom. The van der Waals surface area contributed by atoms with Gasteiger partial charge in [0.2, 0.25) is 11.8 Å². The third kappa shape index (κ3) is 7.08. The van der Waals surface area contributed by atoms with Gasteiger partial charge in [0, 0.05) is 44.8 Å². The van der Waals surface area contributed by atoms with Gasteiger partial charge in [0.25, 0.3) is 0 Å². The smallest absolute Gasteiger partial charge is 0.241 e. The topological polar surface area (TPSA) is 73.9 Å². The van der Waals surface area contributed by atoms with Gasteiger partial charge in [-0.3, -0.25) is 25.3 Å². The quantitative estimate of drug-likeness (QED) is 0.652. The summed E-state index contributed by atoms with van der Waals surface area (Å²) in [5.74, 6) is 0.269. The van der Waals surface area contributed by atoms with E-state index in [1.165, 1.54) is 5.69 Å². The standard InChI is InChI=1S/C23H30N4O3/c1-19-7-9-21(10-8-19)30-18-12-23(29)25-24-22(28)11-13-26-14-16-27(17-15-26)20-5-3-2-4-6-20/h2-10H,11-18H2,1H3,(H,24,28)(H,25,29). The summed E-state index contributed by atoms with van der Waals surface area (Å²) in [5, 5.41) is 0. The van der Waals surface area contributed by atoms with Crippen LogP contribution in [0, 0.1) is 6.92 Å². The van der Waals surface area contributed by atoms with Gasteiger partial charge in [-0.05, 0) is 31.2 Å². The van der Waals surface area contributed by atoms with Crippen molar-refractivity contribution in [2.24, 2.45) is 0 Å². The number of rotatable bonds is 8. The minimum atomic E-state index is -0.271. The lowest BCUT2D eigenvalue weighted by Crippen LogP contribution is -2.48. The fraction of sp³-hybridized carbons (Fsp3) is 0.391. The fourth-order valence-corrected chi connectivity index (χ4v) is 3.29. The Kier molecular flexibility index (Phi) is 8.09. The van der Waals surface area contributed by atoms with E-state index in [9.17, 15) is 9.59 Å². The Morgan fingerprint density at radius 3 is 2.17 bits per heavy atom. The number of para-hydroxylation sites is 1. The number of anilines is 1. The second kappa shape index (κ2) is 11.2. The van der Waals surface area contributed by atoms with Crippen LogP contribution in [0.1, 0.15) is 18.4 Å². The molecule has 30 heavy (non-hydrogen) atoms. The van der Waals surface area contributed by atoms with E-state index in [0.717, 1.165) is 37.5 Å². The molecule has 0 aromatic heterocycles. The van der Waals surface area contributed by atoms with Gasteiger partial charge in [-0.25, -0.2) is 0 Å². The van der Waals surface area contributed by atoms with E-state index in [0.29, 0.717) is 13.0 Å². The molecule has 0 unspecified atom stereocenters. The van der Waals surface area contributed by atoms with Crippen LogP contribution in [0.2, 0.25) is 0 Å². The molecule has 0 spiro atoms. The summed E-state index contributed by atoms with van der Waals surface area (Å²) < 4.78 is 5.52. The summed E-state index contributed by atoms with van der Waals surface area (Å²) in [6.07, 6.45) is 0.529. The number of aryl methyl sites for hydroxylation is 1. The van der Waals surface area contributed by atoms with Crippen LogP contribution in [0.5, 0.6) is 5.75 Å². The first-order chi connectivity index (χ1) is 14.6. The lowest BCUT2D eigenvalue weighted by atomic mass is 10.2. The second-order valence-electron chi connectivity index (χ2n) is 7.42. The average molecular weight is 411 g/mol. The van der Waals surface area contributed by atoms with Crippen LogP contribution in [-0.2, 0) is 9.59 Å². The van der Waals surface area contributed by atoms with E-state index in [1.807, 2.05) is 37.3 Å². The summed E-state index contributed by atoms with van der Waals surface area (Å²) in [6.45, 7) is 6.68. The Labute approximate surface area is 178 Å². The first-order valence-electron chi connectivity index (χ1n) is 10.4. The Hall–Kier alpha value is -3.06. The molecule has 2 aromatic carbocycles. The van der Waals surface area contributed by atoms with Crippen molar-refractivity contribution in [3.05, 3.63) is 60.2 Å². The van der Waals surface area contributed by atoms with E-state index < -0.39 is 0 Å². The number of piperazine rings is 1. The summed E-state index contributed by atoms with van der Waals surface area (Å²) in [6, 6.07) is 18.0. The number of hydrogen-bond acceptors (Lipinski definition) is 5. The summed E-state index contributed by atoms with van der Waals surface area (Å²) >= 11 is 0. The maximum absolute atomic E-state index is 12.0. The number of hydrazine groups is 1. The van der Waals surface area contributed by atoms with Gasteiger partial charge in [0.1, 0.15) is 5.75 Å². The van der Waals surface area contributed by atoms with Crippen LogP contribution < -0.4 is 20.5 Å². The van der Waals surface area contributed by atoms with E-state index >= 15 is 0 Å². The van der Waals surface area contributed by atoms with Crippen LogP contribution >= 0.6 is 0 Å². The molecule has 0 saturated carbocycles.